The van der Waals surface area contributed by atoms with Crippen LogP contribution in [0.2, 0.25) is 0 Å². The van der Waals surface area contributed by atoms with Crippen molar-refractivity contribution in [3.05, 3.63) is 64.8 Å². The lowest BCUT2D eigenvalue weighted by molar-refractivity contribution is -0.114. The highest BCUT2D eigenvalue weighted by Gasteiger charge is 2.14. The summed E-state index contributed by atoms with van der Waals surface area (Å²) in [4.78, 5) is 28.7. The number of nitrogens with zero attached hydrogens (tertiary/aromatic N) is 1. The molecule has 0 bridgehead atoms. The number of carbonyl (C=O) groups excluding carboxylic acids is 2. The van der Waals surface area contributed by atoms with E-state index in [2.05, 4.69) is 15.6 Å². The third-order valence-corrected chi connectivity index (χ3v) is 4.30. The minimum absolute atomic E-state index is 0.151. The standard InChI is InChI=1S/C21H21N3O2/c1-12-8-9-20-16(10-12)11-17(14(3)22-20)21(26)24-19-7-5-6-18(13(19)2)23-15(4)25/h5-11H,1-4H3,(H,23,25)(H,24,26). The molecule has 1 heterocycles. The number of fused-ring (bicyclic) bond motifs is 1. The van der Waals surface area contributed by atoms with Crippen LogP contribution in [-0.2, 0) is 4.79 Å². The van der Waals surface area contributed by atoms with Crippen LogP contribution >= 0.6 is 0 Å². The molecule has 132 valence electrons. The number of aryl methyl sites for hydroxylation is 2. The molecule has 2 N–H and O–H groups in total. The average molecular weight is 347 g/mol. The van der Waals surface area contributed by atoms with Crippen molar-refractivity contribution in [1.29, 1.82) is 0 Å². The van der Waals surface area contributed by atoms with E-state index in [1.54, 1.807) is 12.1 Å². The Kier molecular flexibility index (Phi) is 4.71. The second-order valence-corrected chi connectivity index (χ2v) is 6.43. The number of anilines is 2. The van der Waals surface area contributed by atoms with Crippen LogP contribution in [-0.4, -0.2) is 16.8 Å². The van der Waals surface area contributed by atoms with E-state index in [0.717, 1.165) is 22.0 Å². The summed E-state index contributed by atoms with van der Waals surface area (Å²) in [5.41, 5.74) is 5.34. The highest BCUT2D eigenvalue weighted by molar-refractivity contribution is 6.07. The minimum Gasteiger partial charge on any atom is -0.326 e. The van der Waals surface area contributed by atoms with Gasteiger partial charge < -0.3 is 10.6 Å². The van der Waals surface area contributed by atoms with Crippen molar-refractivity contribution < 1.29 is 9.59 Å². The molecule has 0 aliphatic heterocycles. The molecule has 0 atom stereocenters. The molecule has 2 aromatic carbocycles. The van der Waals surface area contributed by atoms with Crippen molar-refractivity contribution in [2.24, 2.45) is 0 Å². The molecular weight excluding hydrogens is 326 g/mol. The molecule has 0 radical (unpaired) electrons. The summed E-state index contributed by atoms with van der Waals surface area (Å²) in [5.74, 6) is -0.372. The van der Waals surface area contributed by atoms with Crippen LogP contribution in [0.1, 0.15) is 34.1 Å². The van der Waals surface area contributed by atoms with Crippen LogP contribution in [0.15, 0.2) is 42.5 Å². The van der Waals surface area contributed by atoms with Gasteiger partial charge in [0, 0.05) is 23.7 Å². The van der Waals surface area contributed by atoms with Crippen LogP contribution in [0.5, 0.6) is 0 Å². The van der Waals surface area contributed by atoms with Gasteiger partial charge in [-0.2, -0.15) is 0 Å². The van der Waals surface area contributed by atoms with Gasteiger partial charge >= 0.3 is 0 Å². The molecule has 0 unspecified atom stereocenters. The first kappa shape index (κ1) is 17.6. The van der Waals surface area contributed by atoms with E-state index in [4.69, 9.17) is 0 Å². The smallest absolute Gasteiger partial charge is 0.257 e. The maximum Gasteiger partial charge on any atom is 0.257 e. The minimum atomic E-state index is -0.221. The highest BCUT2D eigenvalue weighted by atomic mass is 16.2. The number of rotatable bonds is 3. The molecule has 26 heavy (non-hydrogen) atoms. The van der Waals surface area contributed by atoms with Gasteiger partial charge in [0.1, 0.15) is 0 Å². The zero-order valence-corrected chi connectivity index (χ0v) is 15.3. The molecular formula is C21H21N3O2. The predicted octanol–water partition coefficient (Wildman–Crippen LogP) is 4.37. The number of nitrogens with one attached hydrogen (secondary N) is 2. The van der Waals surface area contributed by atoms with Gasteiger partial charge in [-0.1, -0.05) is 17.7 Å². The van der Waals surface area contributed by atoms with Gasteiger partial charge in [0.05, 0.1) is 16.8 Å². The predicted molar refractivity (Wildman–Crippen MR) is 105 cm³/mol. The highest BCUT2D eigenvalue weighted by Crippen LogP contribution is 2.25. The van der Waals surface area contributed by atoms with Crippen LogP contribution in [0.4, 0.5) is 11.4 Å². The fourth-order valence-electron chi connectivity index (χ4n) is 2.91. The maximum absolute atomic E-state index is 12.8. The molecule has 0 spiro atoms. The molecule has 0 saturated heterocycles. The van der Waals surface area contributed by atoms with Crippen LogP contribution in [0, 0.1) is 20.8 Å². The van der Waals surface area contributed by atoms with Gasteiger partial charge in [0.25, 0.3) is 5.91 Å². The zero-order valence-electron chi connectivity index (χ0n) is 15.3. The normalized spacial score (nSPS) is 10.6. The second kappa shape index (κ2) is 6.96. The Bertz CT molecular complexity index is 1030. The number of pyridine rings is 1. The Hall–Kier alpha value is -3.21. The van der Waals surface area contributed by atoms with E-state index in [-0.39, 0.29) is 11.8 Å². The third-order valence-electron chi connectivity index (χ3n) is 4.30. The van der Waals surface area contributed by atoms with Gasteiger partial charge in [-0.3, -0.25) is 14.6 Å². The van der Waals surface area contributed by atoms with Crippen molar-refractivity contribution in [2.75, 3.05) is 10.6 Å². The molecule has 3 aromatic rings. The van der Waals surface area contributed by atoms with Crippen LogP contribution in [0.3, 0.4) is 0 Å². The number of hydrogen-bond donors (Lipinski definition) is 2. The van der Waals surface area contributed by atoms with E-state index in [0.29, 0.717) is 22.6 Å². The third kappa shape index (κ3) is 3.57. The first-order valence-corrected chi connectivity index (χ1v) is 8.41. The van der Waals surface area contributed by atoms with Gasteiger partial charge in [-0.05, 0) is 56.7 Å². The lowest BCUT2D eigenvalue weighted by Gasteiger charge is -2.14. The van der Waals surface area contributed by atoms with Crippen molar-refractivity contribution in [3.8, 4) is 0 Å². The Morgan fingerprint density at radius 1 is 0.923 bits per heavy atom. The average Bonchev–Trinajstić information content (AvgIpc) is 2.57. The number of carbonyl (C=O) groups is 2. The number of benzene rings is 2. The summed E-state index contributed by atoms with van der Waals surface area (Å²) in [7, 11) is 0. The maximum atomic E-state index is 12.8. The van der Waals surface area contributed by atoms with E-state index >= 15 is 0 Å². The summed E-state index contributed by atoms with van der Waals surface area (Å²) >= 11 is 0. The fraction of sp³-hybridized carbons (Fsp3) is 0.190. The Morgan fingerprint density at radius 3 is 2.31 bits per heavy atom. The number of hydrogen-bond acceptors (Lipinski definition) is 3. The quantitative estimate of drug-likeness (QED) is 0.739. The molecule has 0 saturated carbocycles. The molecule has 5 nitrogen and oxygen atoms in total. The molecule has 5 heteroatoms. The zero-order chi connectivity index (χ0) is 18.8. The second-order valence-electron chi connectivity index (χ2n) is 6.43. The van der Waals surface area contributed by atoms with Crippen LogP contribution in [0.25, 0.3) is 10.9 Å². The lowest BCUT2D eigenvalue weighted by Crippen LogP contribution is -2.16. The van der Waals surface area contributed by atoms with Gasteiger partial charge in [-0.15, -0.1) is 0 Å². The molecule has 0 aliphatic carbocycles. The Balaban J connectivity index is 1.94. The number of aromatic nitrogens is 1. The van der Waals surface area contributed by atoms with E-state index in [9.17, 15) is 9.59 Å². The summed E-state index contributed by atoms with van der Waals surface area (Å²) in [6, 6.07) is 13.3. The number of amides is 2. The summed E-state index contributed by atoms with van der Waals surface area (Å²) < 4.78 is 0. The van der Waals surface area contributed by atoms with Crippen molar-refractivity contribution in [1.82, 2.24) is 4.98 Å². The summed E-state index contributed by atoms with van der Waals surface area (Å²) in [6.45, 7) is 7.15. The largest absolute Gasteiger partial charge is 0.326 e. The summed E-state index contributed by atoms with van der Waals surface area (Å²) in [5, 5.41) is 6.63. The van der Waals surface area contributed by atoms with E-state index in [1.165, 1.54) is 6.92 Å². The molecule has 2 amide bonds. The summed E-state index contributed by atoms with van der Waals surface area (Å²) in [6.07, 6.45) is 0. The van der Waals surface area contributed by atoms with E-state index < -0.39 is 0 Å². The van der Waals surface area contributed by atoms with E-state index in [1.807, 2.05) is 51.1 Å². The van der Waals surface area contributed by atoms with Crippen molar-refractivity contribution in [2.45, 2.75) is 27.7 Å². The molecule has 0 aliphatic rings. The monoisotopic (exact) mass is 347 g/mol. The molecule has 3 rings (SSSR count). The first-order valence-electron chi connectivity index (χ1n) is 8.41. The Labute approximate surface area is 152 Å². The first-order chi connectivity index (χ1) is 12.3. The van der Waals surface area contributed by atoms with Gasteiger partial charge in [0.15, 0.2) is 0 Å². The SMILES string of the molecule is CC(=O)Nc1cccc(NC(=O)c2cc3cc(C)ccc3nc2C)c1C. The van der Waals surface area contributed by atoms with Crippen molar-refractivity contribution >= 4 is 34.1 Å². The molecule has 1 aromatic heterocycles. The van der Waals surface area contributed by atoms with Crippen LogP contribution < -0.4 is 10.6 Å². The van der Waals surface area contributed by atoms with Gasteiger partial charge in [0.2, 0.25) is 5.91 Å². The Morgan fingerprint density at radius 2 is 1.62 bits per heavy atom. The van der Waals surface area contributed by atoms with Crippen molar-refractivity contribution in [3.63, 3.8) is 0 Å². The molecule has 0 fully saturated rings. The lowest BCUT2D eigenvalue weighted by atomic mass is 10.1. The topological polar surface area (TPSA) is 71.1 Å². The van der Waals surface area contributed by atoms with Gasteiger partial charge in [-0.25, -0.2) is 0 Å². The fourth-order valence-corrected chi connectivity index (χ4v) is 2.91.